The summed E-state index contributed by atoms with van der Waals surface area (Å²) in [6, 6.07) is 12.1. The van der Waals surface area contributed by atoms with Crippen molar-refractivity contribution < 1.29 is 9.21 Å². The molecule has 1 unspecified atom stereocenters. The van der Waals surface area contributed by atoms with Crippen molar-refractivity contribution >= 4 is 23.2 Å². The van der Waals surface area contributed by atoms with E-state index in [2.05, 4.69) is 41.1 Å². The van der Waals surface area contributed by atoms with Crippen LogP contribution in [0, 0.1) is 0 Å². The molecule has 4 rings (SSSR count). The summed E-state index contributed by atoms with van der Waals surface area (Å²) in [4.78, 5) is 15.2. The number of carbonyl (C=O) groups is 1. The standard InChI is InChI=1S/C22H24N4O2S/c1-15(29-21-24-23-14-26(21)13-16-8-7-11-28-16)19(27)12-20-22(2,3)17-9-5-6-10-18(17)25(20)4/h5-12,14-15H,13H2,1-4H3/b20-12-. The smallest absolute Gasteiger partial charge is 0.192 e. The maximum absolute atomic E-state index is 13.0. The van der Waals surface area contributed by atoms with E-state index in [0.717, 1.165) is 17.1 Å². The minimum Gasteiger partial charge on any atom is -0.467 e. The molecule has 1 atom stereocenters. The molecule has 6 nitrogen and oxygen atoms in total. The van der Waals surface area contributed by atoms with E-state index in [9.17, 15) is 4.79 Å². The summed E-state index contributed by atoms with van der Waals surface area (Å²) in [7, 11) is 2.02. The monoisotopic (exact) mass is 408 g/mol. The Hall–Kier alpha value is -2.80. The summed E-state index contributed by atoms with van der Waals surface area (Å²) in [5.74, 6) is 0.880. The third-order valence-electron chi connectivity index (χ3n) is 5.39. The summed E-state index contributed by atoms with van der Waals surface area (Å²) in [6.07, 6.45) is 5.08. The molecular weight excluding hydrogens is 384 g/mol. The molecule has 3 heterocycles. The number of benzene rings is 1. The van der Waals surface area contributed by atoms with Gasteiger partial charge in [0.1, 0.15) is 12.1 Å². The number of allylic oxidation sites excluding steroid dienone is 2. The van der Waals surface area contributed by atoms with Crippen molar-refractivity contribution in [1.29, 1.82) is 0 Å². The fourth-order valence-electron chi connectivity index (χ4n) is 3.74. The fourth-order valence-corrected chi connectivity index (χ4v) is 4.58. The van der Waals surface area contributed by atoms with Crippen LogP contribution in [-0.2, 0) is 16.8 Å². The Balaban J connectivity index is 1.52. The first-order chi connectivity index (χ1) is 13.9. The molecule has 0 radical (unpaired) electrons. The summed E-state index contributed by atoms with van der Waals surface area (Å²) in [5, 5.41) is 8.59. The predicted molar refractivity (Wildman–Crippen MR) is 114 cm³/mol. The Bertz CT molecular complexity index is 1050. The number of rotatable bonds is 6. The van der Waals surface area contributed by atoms with E-state index in [4.69, 9.17) is 4.42 Å². The molecule has 7 heteroatoms. The van der Waals surface area contributed by atoms with Crippen LogP contribution in [0.4, 0.5) is 5.69 Å². The van der Waals surface area contributed by atoms with Crippen molar-refractivity contribution in [3.8, 4) is 0 Å². The van der Waals surface area contributed by atoms with Gasteiger partial charge in [-0.15, -0.1) is 10.2 Å². The maximum Gasteiger partial charge on any atom is 0.192 e. The quantitative estimate of drug-likeness (QED) is 0.448. The zero-order chi connectivity index (χ0) is 20.6. The third kappa shape index (κ3) is 3.62. The predicted octanol–water partition coefficient (Wildman–Crippen LogP) is 4.28. The average Bonchev–Trinajstić information content (AvgIpc) is 3.41. The van der Waals surface area contributed by atoms with Crippen LogP contribution in [-0.4, -0.2) is 32.8 Å². The molecule has 0 bridgehead atoms. The van der Waals surface area contributed by atoms with Crippen molar-refractivity contribution in [1.82, 2.24) is 14.8 Å². The molecule has 0 spiro atoms. The number of anilines is 1. The lowest BCUT2D eigenvalue weighted by atomic mass is 9.83. The summed E-state index contributed by atoms with van der Waals surface area (Å²) in [5.41, 5.74) is 3.17. The van der Waals surface area contributed by atoms with Gasteiger partial charge in [-0.2, -0.15) is 0 Å². The van der Waals surface area contributed by atoms with Crippen molar-refractivity contribution in [3.05, 3.63) is 72.1 Å². The molecule has 0 aliphatic carbocycles. The summed E-state index contributed by atoms with van der Waals surface area (Å²) < 4.78 is 7.29. The van der Waals surface area contributed by atoms with Gasteiger partial charge in [-0.25, -0.2) is 0 Å². The Morgan fingerprint density at radius 1 is 1.28 bits per heavy atom. The molecule has 29 heavy (non-hydrogen) atoms. The SMILES string of the molecule is CC(Sc1nncn1Cc1ccco1)C(=O)/C=C1\N(C)c2ccccc2C1(C)C. The first-order valence-electron chi connectivity index (χ1n) is 9.54. The van der Waals surface area contributed by atoms with Gasteiger partial charge in [0.2, 0.25) is 0 Å². The summed E-state index contributed by atoms with van der Waals surface area (Å²) >= 11 is 1.41. The van der Waals surface area contributed by atoms with Crippen molar-refractivity contribution in [2.24, 2.45) is 0 Å². The molecule has 0 N–H and O–H groups in total. The zero-order valence-electron chi connectivity index (χ0n) is 17.0. The second kappa shape index (κ2) is 7.55. The lowest BCUT2D eigenvalue weighted by Gasteiger charge is -2.24. The van der Waals surface area contributed by atoms with Crippen LogP contribution in [0.15, 0.2) is 70.3 Å². The highest BCUT2D eigenvalue weighted by Crippen LogP contribution is 2.46. The van der Waals surface area contributed by atoms with E-state index in [0.29, 0.717) is 11.7 Å². The molecule has 2 aromatic heterocycles. The van der Waals surface area contributed by atoms with Gasteiger partial charge >= 0.3 is 0 Å². The Kier molecular flexibility index (Phi) is 5.08. The largest absolute Gasteiger partial charge is 0.467 e. The Labute approximate surface area is 174 Å². The maximum atomic E-state index is 13.0. The van der Waals surface area contributed by atoms with Gasteiger partial charge in [0.15, 0.2) is 10.9 Å². The number of fused-ring (bicyclic) bond motifs is 1. The number of hydrogen-bond acceptors (Lipinski definition) is 6. The van der Waals surface area contributed by atoms with Crippen LogP contribution in [0.5, 0.6) is 0 Å². The molecule has 1 aliphatic rings. The normalized spacial score (nSPS) is 17.5. The van der Waals surface area contributed by atoms with Crippen LogP contribution in [0.1, 0.15) is 32.1 Å². The number of thioether (sulfide) groups is 1. The van der Waals surface area contributed by atoms with Crippen molar-refractivity contribution in [2.75, 3.05) is 11.9 Å². The van der Waals surface area contributed by atoms with Gasteiger partial charge < -0.3 is 13.9 Å². The van der Waals surface area contributed by atoms with Gasteiger partial charge in [-0.05, 0) is 30.7 Å². The van der Waals surface area contributed by atoms with Crippen molar-refractivity contribution in [2.45, 2.75) is 43.1 Å². The lowest BCUT2D eigenvalue weighted by Crippen LogP contribution is -2.25. The fraction of sp³-hybridized carbons (Fsp3) is 0.318. The first-order valence-corrected chi connectivity index (χ1v) is 10.4. The van der Waals surface area contributed by atoms with Gasteiger partial charge in [-0.1, -0.05) is 43.8 Å². The van der Waals surface area contributed by atoms with Crippen LogP contribution in [0.25, 0.3) is 0 Å². The number of ketones is 1. The first kappa shape index (κ1) is 19.5. The van der Waals surface area contributed by atoms with E-state index < -0.39 is 0 Å². The molecule has 3 aromatic rings. The van der Waals surface area contributed by atoms with Gasteiger partial charge in [-0.3, -0.25) is 4.79 Å². The Morgan fingerprint density at radius 2 is 2.07 bits per heavy atom. The highest BCUT2D eigenvalue weighted by atomic mass is 32.2. The highest BCUT2D eigenvalue weighted by molar-refractivity contribution is 8.00. The van der Waals surface area contributed by atoms with E-state index in [1.165, 1.54) is 17.3 Å². The molecular formula is C22H24N4O2S. The number of hydrogen-bond donors (Lipinski definition) is 0. The van der Waals surface area contributed by atoms with E-state index in [1.807, 2.05) is 42.8 Å². The van der Waals surface area contributed by atoms with Crippen LogP contribution >= 0.6 is 11.8 Å². The number of para-hydroxylation sites is 1. The molecule has 0 fully saturated rings. The third-order valence-corrected chi connectivity index (χ3v) is 6.50. The number of carbonyl (C=O) groups excluding carboxylic acids is 1. The molecule has 0 saturated heterocycles. The second-order valence-corrected chi connectivity index (χ2v) is 9.02. The van der Waals surface area contributed by atoms with Crippen LogP contribution in [0.3, 0.4) is 0 Å². The Morgan fingerprint density at radius 3 is 2.79 bits per heavy atom. The molecule has 150 valence electrons. The molecule has 1 aliphatic heterocycles. The van der Waals surface area contributed by atoms with Crippen molar-refractivity contribution in [3.63, 3.8) is 0 Å². The number of likely N-dealkylation sites (N-methyl/N-ethyl adjacent to an activating group) is 1. The van der Waals surface area contributed by atoms with E-state index >= 15 is 0 Å². The minimum absolute atomic E-state index is 0.0604. The summed E-state index contributed by atoms with van der Waals surface area (Å²) in [6.45, 7) is 6.76. The number of aromatic nitrogens is 3. The average molecular weight is 409 g/mol. The minimum atomic E-state index is -0.282. The van der Waals surface area contributed by atoms with Gasteiger partial charge in [0.05, 0.1) is 18.1 Å². The number of furan rings is 1. The van der Waals surface area contributed by atoms with Crippen LogP contribution in [0.2, 0.25) is 0 Å². The molecule has 1 aromatic carbocycles. The molecule has 0 saturated carbocycles. The topological polar surface area (TPSA) is 64.2 Å². The van der Waals surface area contributed by atoms with E-state index in [-0.39, 0.29) is 16.4 Å². The van der Waals surface area contributed by atoms with Gasteiger partial charge in [0, 0.05) is 29.9 Å². The van der Waals surface area contributed by atoms with Gasteiger partial charge in [0.25, 0.3) is 0 Å². The molecule has 0 amide bonds. The highest BCUT2D eigenvalue weighted by Gasteiger charge is 2.38. The zero-order valence-corrected chi connectivity index (χ0v) is 17.8. The van der Waals surface area contributed by atoms with Crippen LogP contribution < -0.4 is 4.90 Å². The van der Waals surface area contributed by atoms with E-state index in [1.54, 1.807) is 18.7 Å². The lowest BCUT2D eigenvalue weighted by molar-refractivity contribution is -0.114. The second-order valence-electron chi connectivity index (χ2n) is 7.71. The number of nitrogens with zero attached hydrogens (tertiary/aromatic N) is 4.